The number of ether oxygens (including phenoxy) is 1. The van der Waals surface area contributed by atoms with Crippen molar-refractivity contribution in [2.24, 2.45) is 7.05 Å². The Balaban J connectivity index is 1.83. The van der Waals surface area contributed by atoms with Crippen LogP contribution in [-0.2, 0) is 29.7 Å². The highest BCUT2D eigenvalue weighted by Crippen LogP contribution is 2.23. The standard InChI is InChI=1S/C26H29Cl2N3O3/c1-29-13-6-10-22(29)18-31(17-20-8-4-3-5-9-20)25(32)19-30(14-7-15-34-2)26(33)23-12-11-21(27)16-24(23)28/h3-6,8-13,16H,7,14-15,17-19H2,1-2H3. The maximum Gasteiger partial charge on any atom is 0.255 e. The summed E-state index contributed by atoms with van der Waals surface area (Å²) in [5.74, 6) is -0.467. The number of hydrogen-bond acceptors (Lipinski definition) is 3. The molecular weight excluding hydrogens is 473 g/mol. The Morgan fingerprint density at radius 2 is 1.74 bits per heavy atom. The molecule has 0 saturated heterocycles. The number of methoxy groups -OCH3 is 1. The van der Waals surface area contributed by atoms with E-state index in [0.29, 0.717) is 43.2 Å². The van der Waals surface area contributed by atoms with E-state index in [-0.39, 0.29) is 23.4 Å². The van der Waals surface area contributed by atoms with Crippen LogP contribution in [0.3, 0.4) is 0 Å². The molecule has 3 aromatic rings. The predicted octanol–water partition coefficient (Wildman–Crippen LogP) is 5.04. The molecule has 0 spiro atoms. The summed E-state index contributed by atoms with van der Waals surface area (Å²) in [5.41, 5.74) is 2.33. The van der Waals surface area contributed by atoms with Crippen LogP contribution >= 0.6 is 23.2 Å². The van der Waals surface area contributed by atoms with Crippen LogP contribution < -0.4 is 0 Å². The van der Waals surface area contributed by atoms with Gasteiger partial charge in [-0.1, -0.05) is 53.5 Å². The lowest BCUT2D eigenvalue weighted by molar-refractivity contribution is -0.133. The summed E-state index contributed by atoms with van der Waals surface area (Å²) < 4.78 is 7.14. The second-order valence-electron chi connectivity index (χ2n) is 8.04. The van der Waals surface area contributed by atoms with Crippen molar-refractivity contribution >= 4 is 35.0 Å². The van der Waals surface area contributed by atoms with Gasteiger partial charge < -0.3 is 19.1 Å². The van der Waals surface area contributed by atoms with E-state index in [4.69, 9.17) is 27.9 Å². The summed E-state index contributed by atoms with van der Waals surface area (Å²) in [4.78, 5) is 30.2. The first-order valence-corrected chi connectivity index (χ1v) is 11.8. The fourth-order valence-electron chi connectivity index (χ4n) is 3.64. The smallest absolute Gasteiger partial charge is 0.255 e. The van der Waals surface area contributed by atoms with Gasteiger partial charge in [0.05, 0.1) is 17.1 Å². The van der Waals surface area contributed by atoms with Gasteiger partial charge in [-0.2, -0.15) is 0 Å². The van der Waals surface area contributed by atoms with Crippen LogP contribution in [0.25, 0.3) is 0 Å². The SMILES string of the molecule is COCCCN(CC(=O)N(Cc1ccccc1)Cc1cccn1C)C(=O)c1ccc(Cl)cc1Cl. The summed E-state index contributed by atoms with van der Waals surface area (Å²) in [7, 11) is 3.55. The first-order valence-electron chi connectivity index (χ1n) is 11.0. The van der Waals surface area contributed by atoms with Gasteiger partial charge in [0.25, 0.3) is 5.91 Å². The van der Waals surface area contributed by atoms with Crippen molar-refractivity contribution in [3.63, 3.8) is 0 Å². The number of halogens is 2. The second-order valence-corrected chi connectivity index (χ2v) is 8.89. The van der Waals surface area contributed by atoms with Gasteiger partial charge in [0.1, 0.15) is 6.54 Å². The average Bonchev–Trinajstić information content (AvgIpc) is 3.22. The van der Waals surface area contributed by atoms with E-state index in [1.165, 1.54) is 11.0 Å². The van der Waals surface area contributed by atoms with Crippen molar-refractivity contribution < 1.29 is 14.3 Å². The molecule has 2 aromatic carbocycles. The van der Waals surface area contributed by atoms with E-state index in [2.05, 4.69) is 0 Å². The molecule has 0 aliphatic carbocycles. The number of carbonyl (C=O) groups is 2. The first-order chi connectivity index (χ1) is 16.4. The average molecular weight is 502 g/mol. The van der Waals surface area contributed by atoms with Gasteiger partial charge >= 0.3 is 0 Å². The molecule has 0 unspecified atom stereocenters. The second kappa shape index (κ2) is 12.6. The normalized spacial score (nSPS) is 10.8. The summed E-state index contributed by atoms with van der Waals surface area (Å²) in [5, 5.41) is 0.701. The molecule has 1 aromatic heterocycles. The largest absolute Gasteiger partial charge is 0.385 e. The minimum atomic E-state index is -0.315. The highest BCUT2D eigenvalue weighted by atomic mass is 35.5. The third-order valence-corrected chi connectivity index (χ3v) is 6.07. The number of amides is 2. The zero-order chi connectivity index (χ0) is 24.5. The summed E-state index contributed by atoms with van der Waals surface area (Å²) in [6.45, 7) is 1.63. The molecular formula is C26H29Cl2N3O3. The van der Waals surface area contributed by atoms with Gasteiger partial charge in [0, 0.05) is 50.8 Å². The lowest BCUT2D eigenvalue weighted by atomic mass is 10.1. The van der Waals surface area contributed by atoms with Gasteiger partial charge in [-0.3, -0.25) is 9.59 Å². The Hall–Kier alpha value is -2.80. The Morgan fingerprint density at radius 3 is 2.38 bits per heavy atom. The quantitative estimate of drug-likeness (QED) is 0.346. The van der Waals surface area contributed by atoms with Crippen molar-refractivity contribution in [3.05, 3.63) is 93.7 Å². The van der Waals surface area contributed by atoms with E-state index >= 15 is 0 Å². The third kappa shape index (κ3) is 7.10. The molecule has 1 heterocycles. The molecule has 0 aliphatic heterocycles. The van der Waals surface area contributed by atoms with Crippen molar-refractivity contribution in [1.82, 2.24) is 14.4 Å². The molecule has 0 fully saturated rings. The van der Waals surface area contributed by atoms with E-state index in [0.717, 1.165) is 11.3 Å². The molecule has 6 nitrogen and oxygen atoms in total. The molecule has 180 valence electrons. The Kier molecular flexibility index (Phi) is 9.57. The first kappa shape index (κ1) is 25.8. The minimum Gasteiger partial charge on any atom is -0.385 e. The summed E-state index contributed by atoms with van der Waals surface area (Å²) in [6.07, 6.45) is 2.54. The molecule has 8 heteroatoms. The fourth-order valence-corrected chi connectivity index (χ4v) is 4.13. The number of hydrogen-bond donors (Lipinski definition) is 0. The molecule has 0 N–H and O–H groups in total. The van der Waals surface area contributed by atoms with Gasteiger partial charge in [-0.15, -0.1) is 0 Å². The van der Waals surface area contributed by atoms with Crippen LogP contribution in [0.15, 0.2) is 66.9 Å². The Bertz CT molecular complexity index is 1100. The Morgan fingerprint density at radius 1 is 0.971 bits per heavy atom. The minimum absolute atomic E-state index is 0.0707. The number of carbonyl (C=O) groups excluding carboxylic acids is 2. The molecule has 0 atom stereocenters. The van der Waals surface area contributed by atoms with Gasteiger partial charge in [0.2, 0.25) is 5.91 Å². The molecule has 0 aliphatic rings. The molecule has 0 bridgehead atoms. The number of nitrogens with zero attached hydrogens (tertiary/aromatic N) is 3. The van der Waals surface area contributed by atoms with Crippen LogP contribution in [0.4, 0.5) is 0 Å². The molecule has 0 radical (unpaired) electrons. The van der Waals surface area contributed by atoms with Crippen molar-refractivity contribution in [3.8, 4) is 0 Å². The predicted molar refractivity (Wildman–Crippen MR) is 135 cm³/mol. The van der Waals surface area contributed by atoms with Crippen molar-refractivity contribution in [2.75, 3.05) is 26.8 Å². The highest BCUT2D eigenvalue weighted by molar-refractivity contribution is 6.36. The van der Waals surface area contributed by atoms with Crippen LogP contribution in [0, 0.1) is 0 Å². The fraction of sp³-hybridized carbons (Fsp3) is 0.308. The topological polar surface area (TPSA) is 54.8 Å². The summed E-state index contributed by atoms with van der Waals surface area (Å²) >= 11 is 12.3. The molecule has 34 heavy (non-hydrogen) atoms. The zero-order valence-electron chi connectivity index (χ0n) is 19.4. The Labute approximate surface area is 210 Å². The number of benzene rings is 2. The monoisotopic (exact) mass is 501 g/mol. The summed E-state index contributed by atoms with van der Waals surface area (Å²) in [6, 6.07) is 18.5. The molecule has 3 rings (SSSR count). The van der Waals surface area contributed by atoms with Gasteiger partial charge in [-0.25, -0.2) is 0 Å². The van der Waals surface area contributed by atoms with Crippen LogP contribution in [-0.4, -0.2) is 53.0 Å². The number of aromatic nitrogens is 1. The molecule has 0 saturated carbocycles. The van der Waals surface area contributed by atoms with Crippen LogP contribution in [0.5, 0.6) is 0 Å². The number of aryl methyl sites for hydroxylation is 1. The maximum absolute atomic E-state index is 13.5. The zero-order valence-corrected chi connectivity index (χ0v) is 20.9. The number of rotatable bonds is 11. The van der Waals surface area contributed by atoms with Gasteiger partial charge in [-0.05, 0) is 42.3 Å². The molecule has 2 amide bonds. The van der Waals surface area contributed by atoms with E-state index in [9.17, 15) is 9.59 Å². The van der Waals surface area contributed by atoms with Crippen LogP contribution in [0.1, 0.15) is 28.0 Å². The van der Waals surface area contributed by atoms with Gasteiger partial charge in [0.15, 0.2) is 0 Å². The lowest BCUT2D eigenvalue weighted by Gasteiger charge is -2.28. The third-order valence-electron chi connectivity index (χ3n) is 5.52. The van der Waals surface area contributed by atoms with Crippen LogP contribution in [0.2, 0.25) is 10.0 Å². The highest BCUT2D eigenvalue weighted by Gasteiger charge is 2.24. The maximum atomic E-state index is 13.5. The van der Waals surface area contributed by atoms with E-state index in [1.807, 2.05) is 60.3 Å². The lowest BCUT2D eigenvalue weighted by Crippen LogP contribution is -2.43. The van der Waals surface area contributed by atoms with Crippen molar-refractivity contribution in [1.29, 1.82) is 0 Å². The van der Waals surface area contributed by atoms with E-state index < -0.39 is 0 Å². The van der Waals surface area contributed by atoms with E-state index in [1.54, 1.807) is 24.1 Å². The van der Waals surface area contributed by atoms with Crippen molar-refractivity contribution in [2.45, 2.75) is 19.5 Å².